The Balaban J connectivity index is 1.75. The maximum absolute atomic E-state index is 11.9. The minimum absolute atomic E-state index is 0.0802. The monoisotopic (exact) mass is 319 g/mol. The summed E-state index contributed by atoms with van der Waals surface area (Å²) >= 11 is 5.85. The minimum Gasteiger partial charge on any atom is -0.356 e. The van der Waals surface area contributed by atoms with Gasteiger partial charge in [0.2, 0.25) is 5.91 Å². The molecule has 1 aromatic heterocycles. The van der Waals surface area contributed by atoms with Crippen LogP contribution in [0, 0.1) is 13.8 Å². The average Bonchev–Trinajstić information content (AvgIpc) is 2.72. The van der Waals surface area contributed by atoms with Crippen molar-refractivity contribution in [2.75, 3.05) is 6.54 Å². The first-order chi connectivity index (χ1) is 10.5. The van der Waals surface area contributed by atoms with Crippen molar-refractivity contribution < 1.29 is 4.79 Å². The van der Waals surface area contributed by atoms with E-state index in [1.165, 1.54) is 11.1 Å². The normalized spacial score (nSPS) is 10.7. The first kappa shape index (κ1) is 16.6. The second kappa shape index (κ2) is 7.45. The van der Waals surface area contributed by atoms with Gasteiger partial charge in [-0.05, 0) is 49.9 Å². The maximum Gasteiger partial charge on any atom is 0.220 e. The number of aryl methyl sites for hydroxylation is 2. The molecule has 1 amide bonds. The summed E-state index contributed by atoms with van der Waals surface area (Å²) in [5.74, 6) is 0.0802. The molecule has 0 unspecified atom stereocenters. The SMILES string of the molecule is Cc1nn(C)c(C)c1CCC(=O)NCCc1ccc(Cl)cc1. The molecule has 0 saturated heterocycles. The molecule has 0 aliphatic carbocycles. The zero-order valence-electron chi connectivity index (χ0n) is 13.3. The number of benzene rings is 1. The van der Waals surface area contributed by atoms with Crippen LogP contribution in [0.2, 0.25) is 5.02 Å². The number of aromatic nitrogens is 2. The predicted octanol–water partition coefficient (Wildman–Crippen LogP) is 2.98. The van der Waals surface area contributed by atoms with E-state index in [-0.39, 0.29) is 5.91 Å². The Morgan fingerprint density at radius 1 is 1.23 bits per heavy atom. The molecule has 118 valence electrons. The number of amides is 1. The Morgan fingerprint density at radius 2 is 1.91 bits per heavy atom. The molecule has 0 spiro atoms. The highest BCUT2D eigenvalue weighted by molar-refractivity contribution is 6.30. The molecule has 1 aromatic carbocycles. The van der Waals surface area contributed by atoms with Crippen LogP contribution in [-0.4, -0.2) is 22.2 Å². The van der Waals surface area contributed by atoms with Gasteiger partial charge in [0, 0.05) is 30.7 Å². The molecule has 0 aliphatic rings. The Morgan fingerprint density at radius 3 is 2.50 bits per heavy atom. The molecule has 4 nitrogen and oxygen atoms in total. The van der Waals surface area contributed by atoms with Crippen LogP contribution in [0.15, 0.2) is 24.3 Å². The second-order valence-electron chi connectivity index (χ2n) is 5.50. The summed E-state index contributed by atoms with van der Waals surface area (Å²) in [6.45, 7) is 4.67. The molecular formula is C17H22ClN3O. The van der Waals surface area contributed by atoms with E-state index < -0.39 is 0 Å². The number of hydrogen-bond donors (Lipinski definition) is 1. The number of nitrogens with zero attached hydrogens (tertiary/aromatic N) is 2. The van der Waals surface area contributed by atoms with Crippen LogP contribution in [0.25, 0.3) is 0 Å². The van der Waals surface area contributed by atoms with E-state index in [4.69, 9.17) is 11.6 Å². The smallest absolute Gasteiger partial charge is 0.220 e. The molecule has 2 aromatic rings. The molecule has 0 saturated carbocycles. The third-order valence-corrected chi connectivity index (χ3v) is 4.16. The molecule has 0 aliphatic heterocycles. The van der Waals surface area contributed by atoms with Crippen LogP contribution < -0.4 is 5.32 Å². The van der Waals surface area contributed by atoms with Gasteiger partial charge < -0.3 is 5.32 Å². The van der Waals surface area contributed by atoms with Crippen LogP contribution in [0.3, 0.4) is 0 Å². The van der Waals surface area contributed by atoms with E-state index in [2.05, 4.69) is 10.4 Å². The lowest BCUT2D eigenvalue weighted by Crippen LogP contribution is -2.26. The molecule has 0 bridgehead atoms. The van der Waals surface area contributed by atoms with Gasteiger partial charge in [-0.25, -0.2) is 0 Å². The molecule has 0 atom stereocenters. The molecule has 22 heavy (non-hydrogen) atoms. The lowest BCUT2D eigenvalue weighted by molar-refractivity contribution is -0.121. The van der Waals surface area contributed by atoms with Gasteiger partial charge in [-0.3, -0.25) is 9.48 Å². The van der Waals surface area contributed by atoms with Crippen molar-refractivity contribution in [2.45, 2.75) is 33.1 Å². The fourth-order valence-corrected chi connectivity index (χ4v) is 2.63. The van der Waals surface area contributed by atoms with E-state index in [0.29, 0.717) is 13.0 Å². The number of carbonyl (C=O) groups excluding carboxylic acids is 1. The van der Waals surface area contributed by atoms with Gasteiger partial charge in [0.15, 0.2) is 0 Å². The maximum atomic E-state index is 11.9. The van der Waals surface area contributed by atoms with E-state index in [1.807, 2.05) is 49.8 Å². The van der Waals surface area contributed by atoms with Gasteiger partial charge in [0.25, 0.3) is 0 Å². The third-order valence-electron chi connectivity index (χ3n) is 3.91. The van der Waals surface area contributed by atoms with Crippen molar-refractivity contribution in [2.24, 2.45) is 7.05 Å². The summed E-state index contributed by atoms with van der Waals surface area (Å²) in [6, 6.07) is 7.70. The fraction of sp³-hybridized carbons (Fsp3) is 0.412. The highest BCUT2D eigenvalue weighted by Gasteiger charge is 2.11. The van der Waals surface area contributed by atoms with Gasteiger partial charge in [0.05, 0.1) is 5.69 Å². The molecule has 5 heteroatoms. The minimum atomic E-state index is 0.0802. The summed E-state index contributed by atoms with van der Waals surface area (Å²) in [5, 5.41) is 8.07. The Kier molecular flexibility index (Phi) is 5.61. The molecule has 1 N–H and O–H groups in total. The van der Waals surface area contributed by atoms with Crippen molar-refractivity contribution in [3.63, 3.8) is 0 Å². The predicted molar refractivity (Wildman–Crippen MR) is 89.2 cm³/mol. The summed E-state index contributed by atoms with van der Waals surface area (Å²) in [7, 11) is 1.93. The molecule has 2 rings (SSSR count). The number of rotatable bonds is 6. The average molecular weight is 320 g/mol. The standard InChI is InChI=1S/C17H22ClN3O/c1-12-16(13(2)21(3)20-12)8-9-17(22)19-11-10-14-4-6-15(18)7-5-14/h4-7H,8-11H2,1-3H3,(H,19,22). The summed E-state index contributed by atoms with van der Waals surface area (Å²) in [5.41, 5.74) is 4.49. The Bertz CT molecular complexity index is 647. The van der Waals surface area contributed by atoms with Crippen molar-refractivity contribution in [1.29, 1.82) is 0 Å². The van der Waals surface area contributed by atoms with Gasteiger partial charge in [-0.2, -0.15) is 5.10 Å². The van der Waals surface area contributed by atoms with Crippen LogP contribution in [0.1, 0.15) is 28.9 Å². The van der Waals surface area contributed by atoms with Crippen LogP contribution >= 0.6 is 11.6 Å². The number of hydrogen-bond acceptors (Lipinski definition) is 2. The second-order valence-corrected chi connectivity index (χ2v) is 5.94. The summed E-state index contributed by atoms with van der Waals surface area (Å²) in [6.07, 6.45) is 2.04. The van der Waals surface area contributed by atoms with Crippen molar-refractivity contribution >= 4 is 17.5 Å². The van der Waals surface area contributed by atoms with Crippen LogP contribution in [-0.2, 0) is 24.7 Å². The van der Waals surface area contributed by atoms with Crippen LogP contribution in [0.5, 0.6) is 0 Å². The quantitative estimate of drug-likeness (QED) is 0.889. The largest absolute Gasteiger partial charge is 0.356 e. The van der Waals surface area contributed by atoms with Crippen molar-refractivity contribution in [1.82, 2.24) is 15.1 Å². The molecule has 0 fully saturated rings. The van der Waals surface area contributed by atoms with E-state index >= 15 is 0 Å². The van der Waals surface area contributed by atoms with Gasteiger partial charge in [-0.1, -0.05) is 23.7 Å². The fourth-order valence-electron chi connectivity index (χ4n) is 2.50. The summed E-state index contributed by atoms with van der Waals surface area (Å²) < 4.78 is 1.86. The van der Waals surface area contributed by atoms with Gasteiger partial charge in [0.1, 0.15) is 0 Å². The number of nitrogens with one attached hydrogen (secondary N) is 1. The zero-order valence-corrected chi connectivity index (χ0v) is 14.1. The van der Waals surface area contributed by atoms with Crippen LogP contribution in [0.4, 0.5) is 0 Å². The highest BCUT2D eigenvalue weighted by Crippen LogP contribution is 2.14. The molecular weight excluding hydrogens is 298 g/mol. The van der Waals surface area contributed by atoms with Crippen molar-refractivity contribution in [3.05, 3.63) is 51.8 Å². The lowest BCUT2D eigenvalue weighted by Gasteiger charge is -2.06. The first-order valence-electron chi connectivity index (χ1n) is 7.47. The van der Waals surface area contributed by atoms with Gasteiger partial charge >= 0.3 is 0 Å². The Hall–Kier alpha value is -1.81. The number of carbonyl (C=O) groups is 1. The van der Waals surface area contributed by atoms with E-state index in [9.17, 15) is 4.79 Å². The lowest BCUT2D eigenvalue weighted by atomic mass is 10.1. The summed E-state index contributed by atoms with van der Waals surface area (Å²) in [4.78, 5) is 11.9. The third kappa shape index (κ3) is 4.34. The van der Waals surface area contributed by atoms with E-state index in [0.717, 1.165) is 29.3 Å². The number of halogens is 1. The van der Waals surface area contributed by atoms with Gasteiger partial charge in [-0.15, -0.1) is 0 Å². The van der Waals surface area contributed by atoms with Crippen molar-refractivity contribution in [3.8, 4) is 0 Å². The zero-order chi connectivity index (χ0) is 16.1. The topological polar surface area (TPSA) is 46.9 Å². The van der Waals surface area contributed by atoms with E-state index in [1.54, 1.807) is 0 Å². The molecule has 0 radical (unpaired) electrons. The highest BCUT2D eigenvalue weighted by atomic mass is 35.5. The molecule has 1 heterocycles. The Labute approximate surface area is 136 Å². The first-order valence-corrected chi connectivity index (χ1v) is 7.85.